The summed E-state index contributed by atoms with van der Waals surface area (Å²) in [6.07, 6.45) is 11.1. The van der Waals surface area contributed by atoms with Gasteiger partial charge in [-0.05, 0) is 16.9 Å². The highest BCUT2D eigenvalue weighted by atomic mass is 32.1. The average molecular weight is 356 g/mol. The third-order valence-electron chi connectivity index (χ3n) is 3.83. The normalized spacial score (nSPS) is 14.9. The van der Waals surface area contributed by atoms with Gasteiger partial charge in [-0.1, -0.05) is 58.3 Å². The lowest BCUT2D eigenvalue weighted by Gasteiger charge is -2.10. The minimum atomic E-state index is -1.10. The zero-order valence-electron chi connectivity index (χ0n) is 14.4. The second-order valence-electron chi connectivity index (χ2n) is 6.08. The van der Waals surface area contributed by atoms with Crippen molar-refractivity contribution in [1.82, 2.24) is 0 Å². The standard InChI is InChI=1S/C16H28N4O3S/c1-2-3-4-5-6-7-8-9-10-11-14(21)23-15(22)12-13-16(24)17-19-20-18-16/h24H,2-13H2,1H3. The van der Waals surface area contributed by atoms with Crippen molar-refractivity contribution in [2.24, 2.45) is 20.7 Å². The molecule has 0 aromatic rings. The van der Waals surface area contributed by atoms with Gasteiger partial charge in [-0.2, -0.15) is 0 Å². The van der Waals surface area contributed by atoms with Crippen LogP contribution in [0.1, 0.15) is 84.0 Å². The Morgan fingerprint density at radius 3 is 1.92 bits per heavy atom. The second kappa shape index (κ2) is 12.1. The predicted octanol–water partition coefficient (Wildman–Crippen LogP) is 5.17. The summed E-state index contributed by atoms with van der Waals surface area (Å²) in [6, 6.07) is 0. The summed E-state index contributed by atoms with van der Waals surface area (Å²) < 4.78 is 4.77. The number of nitrogens with zero attached hydrogens (tertiary/aromatic N) is 4. The average Bonchev–Trinajstić information content (AvgIpc) is 2.98. The summed E-state index contributed by atoms with van der Waals surface area (Å²) in [5.74, 6) is -1.05. The lowest BCUT2D eigenvalue weighted by Crippen LogP contribution is -2.18. The van der Waals surface area contributed by atoms with Crippen molar-refractivity contribution >= 4 is 24.6 Å². The molecule has 1 aliphatic rings. The monoisotopic (exact) mass is 356 g/mol. The largest absolute Gasteiger partial charge is 0.393 e. The van der Waals surface area contributed by atoms with Gasteiger partial charge in [0, 0.05) is 12.8 Å². The number of carbonyl (C=O) groups excluding carboxylic acids is 2. The van der Waals surface area contributed by atoms with Crippen LogP contribution in [-0.2, 0) is 14.3 Å². The Labute approximate surface area is 149 Å². The van der Waals surface area contributed by atoms with E-state index in [2.05, 4.69) is 40.2 Å². The van der Waals surface area contributed by atoms with Gasteiger partial charge in [-0.3, -0.25) is 9.59 Å². The molecule has 1 rings (SSSR count). The van der Waals surface area contributed by atoms with Crippen molar-refractivity contribution < 1.29 is 14.3 Å². The van der Waals surface area contributed by atoms with E-state index in [-0.39, 0.29) is 19.3 Å². The molecule has 0 amide bonds. The van der Waals surface area contributed by atoms with Crippen LogP contribution in [-0.4, -0.2) is 16.9 Å². The van der Waals surface area contributed by atoms with E-state index in [4.69, 9.17) is 4.74 Å². The molecule has 0 saturated heterocycles. The highest BCUT2D eigenvalue weighted by Crippen LogP contribution is 2.29. The van der Waals surface area contributed by atoms with Crippen LogP contribution in [0.3, 0.4) is 0 Å². The van der Waals surface area contributed by atoms with E-state index in [0.717, 1.165) is 19.3 Å². The molecule has 0 unspecified atom stereocenters. The SMILES string of the molecule is CCCCCCCCCCCC(=O)OC(=O)CCC1(S)N=NN=N1. The minimum absolute atomic E-state index is 0.00500. The summed E-state index contributed by atoms with van der Waals surface area (Å²) in [4.78, 5) is 22.1. The number of esters is 2. The first kappa shape index (κ1) is 20.7. The first-order valence-electron chi connectivity index (χ1n) is 8.86. The zero-order valence-corrected chi connectivity index (χ0v) is 15.3. The number of rotatable bonds is 13. The number of unbranched alkanes of at least 4 members (excludes halogenated alkanes) is 8. The van der Waals surface area contributed by atoms with Crippen LogP contribution in [0.15, 0.2) is 20.7 Å². The molecule has 1 heterocycles. The van der Waals surface area contributed by atoms with Crippen molar-refractivity contribution in [3.63, 3.8) is 0 Å². The second-order valence-corrected chi connectivity index (χ2v) is 6.79. The minimum Gasteiger partial charge on any atom is -0.393 e. The topological polar surface area (TPSA) is 92.8 Å². The summed E-state index contributed by atoms with van der Waals surface area (Å²) in [5, 5.41) is 14.1. The molecule has 0 atom stereocenters. The number of thiol groups is 1. The van der Waals surface area contributed by atoms with Crippen LogP contribution in [0, 0.1) is 0 Å². The fraction of sp³-hybridized carbons (Fsp3) is 0.875. The lowest BCUT2D eigenvalue weighted by molar-refractivity contribution is -0.159. The number of hydrogen-bond donors (Lipinski definition) is 1. The molecule has 1 aliphatic heterocycles. The summed E-state index contributed by atoms with van der Waals surface area (Å²) in [7, 11) is 0. The van der Waals surface area contributed by atoms with Crippen molar-refractivity contribution in [2.45, 2.75) is 89.0 Å². The van der Waals surface area contributed by atoms with E-state index in [1.807, 2.05) is 0 Å². The van der Waals surface area contributed by atoms with Gasteiger partial charge < -0.3 is 4.74 Å². The molecule has 8 heteroatoms. The molecule has 0 aliphatic carbocycles. The van der Waals surface area contributed by atoms with Crippen molar-refractivity contribution in [3.8, 4) is 0 Å². The Morgan fingerprint density at radius 2 is 1.33 bits per heavy atom. The van der Waals surface area contributed by atoms with E-state index >= 15 is 0 Å². The van der Waals surface area contributed by atoms with Gasteiger partial charge in [-0.25, -0.2) is 0 Å². The van der Waals surface area contributed by atoms with Gasteiger partial charge in [0.15, 0.2) is 0 Å². The Hall–Kier alpha value is -1.31. The van der Waals surface area contributed by atoms with Gasteiger partial charge in [0.05, 0.1) is 6.42 Å². The van der Waals surface area contributed by atoms with Gasteiger partial charge in [-0.15, -0.1) is 22.9 Å². The highest BCUT2D eigenvalue weighted by molar-refractivity contribution is 7.81. The lowest BCUT2D eigenvalue weighted by atomic mass is 10.1. The molecule has 24 heavy (non-hydrogen) atoms. The Balaban J connectivity index is 1.96. The highest BCUT2D eigenvalue weighted by Gasteiger charge is 2.29. The van der Waals surface area contributed by atoms with Crippen LogP contribution in [0.2, 0.25) is 0 Å². The Bertz CT molecular complexity index is 443. The molecule has 136 valence electrons. The maximum Gasteiger partial charge on any atom is 0.313 e. The van der Waals surface area contributed by atoms with Crippen LogP contribution in [0.5, 0.6) is 0 Å². The summed E-state index contributed by atoms with van der Waals surface area (Å²) in [5.41, 5.74) is 0. The molecule has 7 nitrogen and oxygen atoms in total. The number of carbonyl (C=O) groups is 2. The summed E-state index contributed by atoms with van der Waals surface area (Å²) in [6.45, 7) is 2.21. The molecular formula is C16H28N4O3S. The fourth-order valence-electron chi connectivity index (χ4n) is 2.38. The maximum atomic E-state index is 11.6. The van der Waals surface area contributed by atoms with E-state index in [1.54, 1.807) is 0 Å². The Kier molecular flexibility index (Phi) is 10.5. The first-order valence-corrected chi connectivity index (χ1v) is 9.30. The number of hydrogen-bond acceptors (Lipinski definition) is 8. The molecule has 0 bridgehead atoms. The molecule has 0 fully saturated rings. The van der Waals surface area contributed by atoms with E-state index in [9.17, 15) is 9.59 Å². The molecule has 0 N–H and O–H groups in total. The quantitative estimate of drug-likeness (QED) is 0.213. The van der Waals surface area contributed by atoms with Crippen LogP contribution >= 0.6 is 12.6 Å². The predicted molar refractivity (Wildman–Crippen MR) is 93.6 cm³/mol. The number of ether oxygens (including phenoxy) is 1. The third kappa shape index (κ3) is 9.75. The third-order valence-corrected chi connectivity index (χ3v) is 4.23. The zero-order chi connectivity index (χ0) is 17.7. The molecule has 0 aromatic carbocycles. The van der Waals surface area contributed by atoms with Crippen molar-refractivity contribution in [3.05, 3.63) is 0 Å². The maximum absolute atomic E-state index is 11.6. The van der Waals surface area contributed by atoms with Gasteiger partial charge in [0.25, 0.3) is 0 Å². The van der Waals surface area contributed by atoms with Crippen molar-refractivity contribution in [2.75, 3.05) is 0 Å². The van der Waals surface area contributed by atoms with Crippen LogP contribution in [0.4, 0.5) is 0 Å². The molecule has 0 radical (unpaired) electrons. The molecule has 0 aromatic heterocycles. The van der Waals surface area contributed by atoms with Gasteiger partial charge in [0.2, 0.25) is 4.99 Å². The Morgan fingerprint density at radius 1 is 0.833 bits per heavy atom. The van der Waals surface area contributed by atoms with Crippen molar-refractivity contribution in [1.29, 1.82) is 0 Å². The smallest absolute Gasteiger partial charge is 0.313 e. The molecule has 0 spiro atoms. The fourth-order valence-corrected chi connectivity index (χ4v) is 2.57. The first-order chi connectivity index (χ1) is 11.6. The molecular weight excluding hydrogens is 328 g/mol. The van der Waals surface area contributed by atoms with Gasteiger partial charge in [0.1, 0.15) is 0 Å². The van der Waals surface area contributed by atoms with E-state index in [0.29, 0.717) is 0 Å². The van der Waals surface area contributed by atoms with Crippen LogP contribution < -0.4 is 0 Å². The van der Waals surface area contributed by atoms with Crippen LogP contribution in [0.25, 0.3) is 0 Å². The van der Waals surface area contributed by atoms with E-state index < -0.39 is 16.9 Å². The van der Waals surface area contributed by atoms with Gasteiger partial charge >= 0.3 is 11.9 Å². The summed E-state index contributed by atoms with van der Waals surface area (Å²) >= 11 is 4.15. The molecule has 0 saturated carbocycles. The van der Waals surface area contributed by atoms with E-state index in [1.165, 1.54) is 38.5 Å².